The largest absolute Gasteiger partial charge is 0.498 e. The highest BCUT2D eigenvalue weighted by atomic mass is 16.7. The molecular weight excluding hydrogens is 343 g/mol. The molecule has 0 spiro atoms. The minimum Gasteiger partial charge on any atom is -0.493 e. The first kappa shape index (κ1) is 18.1. The van der Waals surface area contributed by atoms with Crippen LogP contribution >= 0.6 is 0 Å². The van der Waals surface area contributed by atoms with Gasteiger partial charge in [-0.25, -0.2) is 4.79 Å². The molecule has 140 valence electrons. The minimum atomic E-state index is -0.612. The van der Waals surface area contributed by atoms with Crippen LogP contribution in [-0.4, -0.2) is 30.9 Å². The SMILES string of the molecule is CC1(C)OB(c2ccc3c(c2OC(=O)c2ccccc2)CCO3)OC1(C)C. The van der Waals surface area contributed by atoms with Crippen LogP contribution in [0.2, 0.25) is 0 Å². The molecule has 0 N–H and O–H groups in total. The second kappa shape index (κ2) is 6.39. The van der Waals surface area contributed by atoms with Crippen molar-refractivity contribution in [2.45, 2.75) is 45.3 Å². The highest BCUT2D eigenvalue weighted by molar-refractivity contribution is 6.63. The van der Waals surface area contributed by atoms with Crippen molar-refractivity contribution < 1.29 is 23.6 Å². The van der Waals surface area contributed by atoms with E-state index in [0.29, 0.717) is 29.8 Å². The van der Waals surface area contributed by atoms with E-state index in [0.717, 1.165) is 11.3 Å². The van der Waals surface area contributed by atoms with Crippen LogP contribution in [0.1, 0.15) is 43.6 Å². The molecule has 0 aromatic heterocycles. The maximum atomic E-state index is 12.7. The van der Waals surface area contributed by atoms with Crippen molar-refractivity contribution in [3.63, 3.8) is 0 Å². The highest BCUT2D eigenvalue weighted by Crippen LogP contribution is 2.39. The summed E-state index contributed by atoms with van der Waals surface area (Å²) in [6, 6.07) is 12.7. The van der Waals surface area contributed by atoms with Crippen molar-refractivity contribution in [2.75, 3.05) is 6.61 Å². The molecule has 5 nitrogen and oxygen atoms in total. The Morgan fingerprint density at radius 1 is 1.00 bits per heavy atom. The molecule has 2 aliphatic rings. The Labute approximate surface area is 159 Å². The van der Waals surface area contributed by atoms with Crippen molar-refractivity contribution in [2.24, 2.45) is 0 Å². The van der Waals surface area contributed by atoms with Gasteiger partial charge in [0.1, 0.15) is 11.5 Å². The molecule has 1 fully saturated rings. The Bertz CT molecular complexity index is 860. The summed E-state index contributed by atoms with van der Waals surface area (Å²) in [5.41, 5.74) is 1.13. The molecule has 0 aliphatic carbocycles. The number of carbonyl (C=O) groups excluding carboxylic acids is 1. The van der Waals surface area contributed by atoms with Crippen LogP contribution in [0.5, 0.6) is 11.5 Å². The zero-order chi connectivity index (χ0) is 19.2. The molecular formula is C21H23BO5. The molecule has 6 heteroatoms. The van der Waals surface area contributed by atoms with Crippen molar-refractivity contribution in [3.8, 4) is 11.5 Å². The number of ether oxygens (including phenoxy) is 2. The normalized spacial score (nSPS) is 19.5. The lowest BCUT2D eigenvalue weighted by atomic mass is 9.77. The van der Waals surface area contributed by atoms with Gasteiger partial charge < -0.3 is 18.8 Å². The van der Waals surface area contributed by atoms with Gasteiger partial charge in [0, 0.05) is 17.4 Å². The van der Waals surface area contributed by atoms with E-state index >= 15 is 0 Å². The van der Waals surface area contributed by atoms with Gasteiger partial charge in [0.15, 0.2) is 0 Å². The number of hydrogen-bond donors (Lipinski definition) is 0. The summed E-state index contributed by atoms with van der Waals surface area (Å²) in [7, 11) is -0.612. The van der Waals surface area contributed by atoms with Crippen LogP contribution < -0.4 is 14.9 Å². The van der Waals surface area contributed by atoms with Crippen LogP contribution in [0.3, 0.4) is 0 Å². The lowest BCUT2D eigenvalue weighted by Crippen LogP contribution is -2.41. The molecule has 27 heavy (non-hydrogen) atoms. The summed E-state index contributed by atoms with van der Waals surface area (Å²) >= 11 is 0. The third-order valence-corrected chi connectivity index (χ3v) is 5.57. The lowest BCUT2D eigenvalue weighted by Gasteiger charge is -2.32. The number of hydrogen-bond acceptors (Lipinski definition) is 5. The molecule has 0 radical (unpaired) electrons. The molecule has 2 heterocycles. The van der Waals surface area contributed by atoms with Crippen molar-refractivity contribution in [1.82, 2.24) is 0 Å². The Balaban J connectivity index is 1.72. The van der Waals surface area contributed by atoms with Crippen LogP contribution in [0.4, 0.5) is 0 Å². The van der Waals surface area contributed by atoms with E-state index in [9.17, 15) is 4.79 Å². The van der Waals surface area contributed by atoms with Crippen LogP contribution in [0.25, 0.3) is 0 Å². The minimum absolute atomic E-state index is 0.409. The zero-order valence-electron chi connectivity index (χ0n) is 16.1. The summed E-state index contributed by atoms with van der Waals surface area (Å²) in [4.78, 5) is 12.7. The smallest absolute Gasteiger partial charge is 0.493 e. The number of esters is 1. The van der Waals surface area contributed by atoms with Gasteiger partial charge >= 0.3 is 13.1 Å². The Kier molecular flexibility index (Phi) is 4.28. The molecule has 4 rings (SSSR count). The predicted octanol–water partition coefficient (Wildman–Crippen LogP) is 3.14. The van der Waals surface area contributed by atoms with E-state index in [2.05, 4.69) is 0 Å². The van der Waals surface area contributed by atoms with Crippen molar-refractivity contribution in [3.05, 3.63) is 53.6 Å². The Morgan fingerprint density at radius 3 is 2.33 bits per heavy atom. The van der Waals surface area contributed by atoms with Gasteiger partial charge in [0.05, 0.1) is 23.4 Å². The first-order valence-electron chi connectivity index (χ1n) is 9.20. The Morgan fingerprint density at radius 2 is 1.67 bits per heavy atom. The fourth-order valence-electron chi connectivity index (χ4n) is 3.26. The molecule has 2 aromatic rings. The molecule has 2 aliphatic heterocycles. The van der Waals surface area contributed by atoms with Crippen molar-refractivity contribution in [1.29, 1.82) is 0 Å². The maximum absolute atomic E-state index is 12.7. The van der Waals surface area contributed by atoms with Gasteiger partial charge in [-0.3, -0.25) is 0 Å². The van der Waals surface area contributed by atoms with Crippen LogP contribution in [0, 0.1) is 0 Å². The van der Waals surface area contributed by atoms with Gasteiger partial charge in [-0.1, -0.05) is 24.3 Å². The van der Waals surface area contributed by atoms with Crippen LogP contribution in [-0.2, 0) is 15.7 Å². The van der Waals surface area contributed by atoms with E-state index in [1.165, 1.54) is 0 Å². The fraction of sp³-hybridized carbons (Fsp3) is 0.381. The molecule has 0 bridgehead atoms. The van der Waals surface area contributed by atoms with Gasteiger partial charge in [-0.15, -0.1) is 0 Å². The number of fused-ring (bicyclic) bond motifs is 1. The average Bonchev–Trinajstić information content (AvgIpc) is 3.18. The molecule has 0 unspecified atom stereocenters. The van der Waals surface area contributed by atoms with E-state index in [4.69, 9.17) is 18.8 Å². The maximum Gasteiger partial charge on any atom is 0.498 e. The molecule has 0 amide bonds. The first-order chi connectivity index (χ1) is 12.8. The number of benzene rings is 2. The standard InChI is InChI=1S/C21H23BO5/c1-20(2)21(3,4)27-22(26-20)16-10-11-17-15(12-13-24-17)18(16)25-19(23)14-8-6-5-7-9-14/h5-11H,12-13H2,1-4H3. The summed E-state index contributed by atoms with van der Waals surface area (Å²) in [5.74, 6) is 0.817. The number of carbonyl (C=O) groups is 1. The van der Waals surface area contributed by atoms with Crippen LogP contribution in [0.15, 0.2) is 42.5 Å². The summed E-state index contributed by atoms with van der Waals surface area (Å²) in [6.07, 6.45) is 0.681. The van der Waals surface area contributed by atoms with Gasteiger partial charge in [0.2, 0.25) is 0 Å². The quantitative estimate of drug-likeness (QED) is 0.475. The van der Waals surface area contributed by atoms with E-state index in [-0.39, 0.29) is 0 Å². The molecule has 1 saturated heterocycles. The van der Waals surface area contributed by atoms with E-state index < -0.39 is 24.3 Å². The van der Waals surface area contributed by atoms with E-state index in [1.807, 2.05) is 58.0 Å². The molecule has 0 atom stereocenters. The van der Waals surface area contributed by atoms with Crippen molar-refractivity contribution >= 4 is 18.6 Å². The second-order valence-corrected chi connectivity index (χ2v) is 7.90. The summed E-state index contributed by atoms with van der Waals surface area (Å²) in [6.45, 7) is 8.56. The molecule has 0 saturated carbocycles. The van der Waals surface area contributed by atoms with Gasteiger partial charge in [-0.2, -0.15) is 0 Å². The third-order valence-electron chi connectivity index (χ3n) is 5.57. The van der Waals surface area contributed by atoms with Gasteiger partial charge in [0.25, 0.3) is 0 Å². The predicted molar refractivity (Wildman–Crippen MR) is 103 cm³/mol. The topological polar surface area (TPSA) is 54.0 Å². The second-order valence-electron chi connectivity index (χ2n) is 7.90. The van der Waals surface area contributed by atoms with E-state index in [1.54, 1.807) is 12.1 Å². The summed E-state index contributed by atoms with van der Waals surface area (Å²) < 4.78 is 23.9. The summed E-state index contributed by atoms with van der Waals surface area (Å²) in [5, 5.41) is 0. The van der Waals surface area contributed by atoms with Gasteiger partial charge in [-0.05, 0) is 45.9 Å². The third kappa shape index (κ3) is 3.13. The fourth-order valence-corrected chi connectivity index (χ4v) is 3.26. The Hall–Kier alpha value is -2.31. The number of rotatable bonds is 3. The highest BCUT2D eigenvalue weighted by Gasteiger charge is 2.53. The monoisotopic (exact) mass is 366 g/mol. The first-order valence-corrected chi connectivity index (χ1v) is 9.20. The lowest BCUT2D eigenvalue weighted by molar-refractivity contribution is 0.00578. The molecule has 2 aromatic carbocycles. The average molecular weight is 366 g/mol. The zero-order valence-corrected chi connectivity index (χ0v) is 16.1.